The topological polar surface area (TPSA) is 109 Å². The van der Waals surface area contributed by atoms with E-state index >= 15 is 0 Å². The van der Waals surface area contributed by atoms with Gasteiger partial charge in [-0.05, 0) is 38.8 Å². The number of amides is 2. The van der Waals surface area contributed by atoms with Crippen LogP contribution in [0.3, 0.4) is 0 Å². The molecule has 168 valence electrons. The Bertz CT molecular complexity index is 1170. The molecule has 0 spiro atoms. The number of fused-ring (bicyclic) bond motifs is 1. The molecule has 1 unspecified atom stereocenters. The van der Waals surface area contributed by atoms with Crippen LogP contribution in [0.1, 0.15) is 26.7 Å². The van der Waals surface area contributed by atoms with Crippen LogP contribution in [-0.4, -0.2) is 45.5 Å². The summed E-state index contributed by atoms with van der Waals surface area (Å²) in [6.45, 7) is 5.10. The Morgan fingerprint density at radius 2 is 2.03 bits per heavy atom. The van der Waals surface area contributed by atoms with E-state index in [0.717, 1.165) is 19.4 Å². The van der Waals surface area contributed by atoms with Gasteiger partial charge in [-0.2, -0.15) is 4.98 Å². The van der Waals surface area contributed by atoms with Crippen LogP contribution in [0.4, 0.5) is 10.8 Å². The maximum absolute atomic E-state index is 12.9. The molecule has 0 saturated carbocycles. The highest BCUT2D eigenvalue weighted by Crippen LogP contribution is 2.29. The minimum atomic E-state index is -0.306. The molecule has 0 bridgehead atoms. The predicted molar refractivity (Wildman–Crippen MR) is 125 cm³/mol. The molecule has 1 fully saturated rings. The van der Waals surface area contributed by atoms with Crippen LogP contribution in [0.25, 0.3) is 10.3 Å². The normalized spacial score (nSPS) is 16.3. The Balaban J connectivity index is 1.49. The fraction of sp³-hybridized carbons (Fsp3) is 0.409. The zero-order valence-corrected chi connectivity index (χ0v) is 18.9. The van der Waals surface area contributed by atoms with Crippen LogP contribution in [0.5, 0.6) is 0 Å². The van der Waals surface area contributed by atoms with E-state index in [1.54, 1.807) is 12.1 Å². The van der Waals surface area contributed by atoms with E-state index < -0.39 is 0 Å². The van der Waals surface area contributed by atoms with E-state index in [-0.39, 0.29) is 35.9 Å². The lowest BCUT2D eigenvalue weighted by molar-refractivity contribution is -0.125. The molecule has 2 amide bonds. The number of carbonyl (C=O) groups excluding carboxylic acids is 2. The Labute approximate surface area is 189 Å². The van der Waals surface area contributed by atoms with Crippen molar-refractivity contribution in [3.8, 4) is 0 Å². The van der Waals surface area contributed by atoms with Gasteiger partial charge in [-0.25, -0.2) is 4.98 Å². The van der Waals surface area contributed by atoms with E-state index in [0.29, 0.717) is 27.7 Å². The Hall–Kier alpha value is -3.27. The summed E-state index contributed by atoms with van der Waals surface area (Å²) in [5, 5.41) is 6.42. The monoisotopic (exact) mass is 454 g/mol. The summed E-state index contributed by atoms with van der Waals surface area (Å²) in [7, 11) is 0. The lowest BCUT2D eigenvalue weighted by atomic mass is 9.97. The second kappa shape index (κ2) is 9.47. The maximum Gasteiger partial charge on any atom is 0.273 e. The molecule has 3 aromatic rings. The van der Waals surface area contributed by atoms with Gasteiger partial charge in [0.25, 0.3) is 5.56 Å². The molecule has 4 rings (SSSR count). The van der Waals surface area contributed by atoms with Crippen LogP contribution < -0.4 is 21.1 Å². The van der Waals surface area contributed by atoms with Crippen molar-refractivity contribution in [3.63, 3.8) is 0 Å². The number of hydrogen-bond donors (Lipinski definition) is 2. The van der Waals surface area contributed by atoms with E-state index in [2.05, 4.69) is 20.6 Å². The quantitative estimate of drug-likeness (QED) is 0.591. The van der Waals surface area contributed by atoms with Gasteiger partial charge in [0.1, 0.15) is 17.6 Å². The number of nitrogens with one attached hydrogen (secondary N) is 2. The van der Waals surface area contributed by atoms with Gasteiger partial charge in [0.15, 0.2) is 10.8 Å². The second-order valence-electron chi connectivity index (χ2n) is 8.19. The van der Waals surface area contributed by atoms with Crippen molar-refractivity contribution in [2.24, 2.45) is 5.92 Å². The molecular weight excluding hydrogens is 428 g/mol. The van der Waals surface area contributed by atoms with Crippen molar-refractivity contribution < 1.29 is 9.59 Å². The van der Waals surface area contributed by atoms with Crippen molar-refractivity contribution in [2.75, 3.05) is 23.3 Å². The third-order valence-electron chi connectivity index (χ3n) is 5.24. The lowest BCUT2D eigenvalue weighted by Gasteiger charge is -2.32. The molecule has 1 saturated heterocycles. The van der Waals surface area contributed by atoms with Gasteiger partial charge in [0.05, 0.1) is 5.92 Å². The van der Waals surface area contributed by atoms with Crippen LogP contribution >= 0.6 is 11.3 Å². The molecule has 1 aromatic carbocycles. The molecule has 32 heavy (non-hydrogen) atoms. The van der Waals surface area contributed by atoms with Crippen LogP contribution in [0, 0.1) is 5.92 Å². The molecule has 2 N–H and O–H groups in total. The molecule has 10 heteroatoms. The molecule has 3 heterocycles. The number of anilines is 2. The van der Waals surface area contributed by atoms with Crippen LogP contribution in [0.15, 0.2) is 41.5 Å². The third-order valence-corrected chi connectivity index (χ3v) is 6.33. The molecule has 2 aromatic heterocycles. The van der Waals surface area contributed by atoms with Gasteiger partial charge < -0.3 is 15.5 Å². The highest BCUT2D eigenvalue weighted by Gasteiger charge is 2.28. The van der Waals surface area contributed by atoms with Crippen LogP contribution in [-0.2, 0) is 16.1 Å². The first-order chi connectivity index (χ1) is 15.4. The second-order valence-corrected chi connectivity index (χ2v) is 9.17. The first-order valence-electron chi connectivity index (χ1n) is 10.7. The number of thiazole rings is 1. The fourth-order valence-electron chi connectivity index (χ4n) is 3.73. The van der Waals surface area contributed by atoms with Gasteiger partial charge >= 0.3 is 0 Å². The van der Waals surface area contributed by atoms with Crippen molar-refractivity contribution in [1.29, 1.82) is 0 Å². The Morgan fingerprint density at radius 1 is 1.25 bits per heavy atom. The first-order valence-corrected chi connectivity index (χ1v) is 11.5. The van der Waals surface area contributed by atoms with E-state index in [9.17, 15) is 14.4 Å². The molecular formula is C22H26N6O3S. The highest BCUT2D eigenvalue weighted by molar-refractivity contribution is 7.22. The number of nitrogens with zero attached hydrogens (tertiary/aromatic N) is 4. The summed E-state index contributed by atoms with van der Waals surface area (Å²) in [4.78, 5) is 48.6. The minimum Gasteiger partial charge on any atom is -0.354 e. The molecule has 9 nitrogen and oxygen atoms in total. The molecule has 0 radical (unpaired) electrons. The summed E-state index contributed by atoms with van der Waals surface area (Å²) in [6.07, 6.45) is 3.07. The molecule has 0 aliphatic carbocycles. The van der Waals surface area contributed by atoms with Crippen LogP contribution in [0.2, 0.25) is 0 Å². The van der Waals surface area contributed by atoms with Gasteiger partial charge in [-0.15, -0.1) is 0 Å². The largest absolute Gasteiger partial charge is 0.354 e. The number of hydrogen-bond acceptors (Lipinski definition) is 7. The van der Waals surface area contributed by atoms with Crippen molar-refractivity contribution >= 4 is 44.3 Å². The van der Waals surface area contributed by atoms with Crippen molar-refractivity contribution in [3.05, 3.63) is 47.0 Å². The number of rotatable bonds is 6. The van der Waals surface area contributed by atoms with Gasteiger partial charge in [-0.3, -0.25) is 19.0 Å². The first kappa shape index (κ1) is 21.9. The van der Waals surface area contributed by atoms with E-state index in [4.69, 9.17) is 0 Å². The zero-order chi connectivity index (χ0) is 22.7. The van der Waals surface area contributed by atoms with Crippen molar-refractivity contribution in [2.45, 2.75) is 39.3 Å². The SMILES string of the molecule is CC(C)NC(=O)C1CCCN(c2nc3ncn(CC(=O)Nc4ccccc4)c(=O)c3s2)C1. The molecule has 1 aliphatic heterocycles. The number of aromatic nitrogens is 3. The summed E-state index contributed by atoms with van der Waals surface area (Å²) in [5.74, 6) is -0.362. The standard InChI is InChI=1S/C22H26N6O3S/c1-14(2)24-20(30)15-7-6-10-27(11-15)22-26-19-18(32-22)21(31)28(13-23-19)12-17(29)25-16-8-4-3-5-9-16/h3-5,8-9,13-15H,6-7,10-12H2,1-2H3,(H,24,30)(H,25,29). The molecule has 1 aliphatic rings. The number of piperidine rings is 1. The summed E-state index contributed by atoms with van der Waals surface area (Å²) >= 11 is 1.26. The lowest BCUT2D eigenvalue weighted by Crippen LogP contribution is -2.44. The van der Waals surface area contributed by atoms with Crippen molar-refractivity contribution in [1.82, 2.24) is 19.9 Å². The Morgan fingerprint density at radius 3 is 2.78 bits per heavy atom. The molecule has 1 atom stereocenters. The average molecular weight is 455 g/mol. The Kier molecular flexibility index (Phi) is 6.50. The van der Waals surface area contributed by atoms with Gasteiger partial charge in [0, 0.05) is 24.8 Å². The summed E-state index contributed by atoms with van der Waals surface area (Å²) < 4.78 is 1.70. The van der Waals surface area contributed by atoms with Gasteiger partial charge in [-0.1, -0.05) is 29.5 Å². The number of carbonyl (C=O) groups is 2. The smallest absolute Gasteiger partial charge is 0.273 e. The number of para-hydroxylation sites is 1. The summed E-state index contributed by atoms with van der Waals surface area (Å²) in [5.41, 5.74) is 0.734. The van der Waals surface area contributed by atoms with Gasteiger partial charge in [0.2, 0.25) is 11.8 Å². The minimum absolute atomic E-state index is 0.0516. The third kappa shape index (κ3) is 4.96. The average Bonchev–Trinajstić information content (AvgIpc) is 3.21. The highest BCUT2D eigenvalue weighted by atomic mass is 32.1. The maximum atomic E-state index is 12.9. The summed E-state index contributed by atoms with van der Waals surface area (Å²) in [6, 6.07) is 9.18. The number of benzene rings is 1. The van der Waals surface area contributed by atoms with E-state index in [1.165, 1.54) is 22.2 Å². The fourth-order valence-corrected chi connectivity index (χ4v) is 4.73. The zero-order valence-electron chi connectivity index (χ0n) is 18.1. The predicted octanol–water partition coefficient (Wildman–Crippen LogP) is 2.23. The van der Waals surface area contributed by atoms with E-state index in [1.807, 2.05) is 36.9 Å².